The molecule has 1 aliphatic carbocycles. The van der Waals surface area contributed by atoms with E-state index in [1.807, 2.05) is 6.26 Å². The van der Waals surface area contributed by atoms with Crippen molar-refractivity contribution in [2.45, 2.75) is 37.6 Å². The average Bonchev–Trinajstić information content (AvgIpc) is 3.00. The highest BCUT2D eigenvalue weighted by Gasteiger charge is 2.41. The van der Waals surface area contributed by atoms with Crippen LogP contribution in [0.1, 0.15) is 38.3 Å². The summed E-state index contributed by atoms with van der Waals surface area (Å²) in [6, 6.07) is 8.01. The van der Waals surface area contributed by atoms with Crippen molar-refractivity contribution in [3.05, 3.63) is 41.1 Å². The first kappa shape index (κ1) is 15.4. The number of anilines is 1. The van der Waals surface area contributed by atoms with E-state index in [4.69, 9.17) is 0 Å². The Morgan fingerprint density at radius 3 is 2.71 bits per heavy atom. The molecule has 0 fully saturated rings. The summed E-state index contributed by atoms with van der Waals surface area (Å²) in [6.07, 6.45) is 3.41. The number of benzene rings is 1. The minimum atomic E-state index is -0.259. The standard InChI is InChI=1S/C17H19N5OS/c1-17(2)8-12-14(13(23)9-17)15(22-16(18-12)19-20-21-22)10-4-6-11(24-3)7-5-10/h4-7,15H,8-9H2,1-3H3,(H,18,19,21)/t15-/m0/s1. The normalized spacial score (nSPS) is 22.0. The molecular weight excluding hydrogens is 322 g/mol. The molecule has 2 aromatic rings. The number of aromatic nitrogens is 4. The summed E-state index contributed by atoms with van der Waals surface area (Å²) >= 11 is 1.70. The summed E-state index contributed by atoms with van der Waals surface area (Å²) in [5, 5.41) is 15.3. The van der Waals surface area contributed by atoms with Crippen molar-refractivity contribution in [2.75, 3.05) is 11.6 Å². The number of thioether (sulfide) groups is 1. The first-order valence-electron chi connectivity index (χ1n) is 7.93. The highest BCUT2D eigenvalue weighted by Crippen LogP contribution is 2.44. The van der Waals surface area contributed by atoms with Crippen LogP contribution in [0, 0.1) is 5.41 Å². The van der Waals surface area contributed by atoms with Gasteiger partial charge in [-0.1, -0.05) is 31.1 Å². The lowest BCUT2D eigenvalue weighted by molar-refractivity contribution is -0.118. The van der Waals surface area contributed by atoms with Crippen LogP contribution in [0.4, 0.5) is 5.95 Å². The molecule has 1 aromatic carbocycles. The molecule has 0 saturated heterocycles. The van der Waals surface area contributed by atoms with Crippen LogP contribution < -0.4 is 5.32 Å². The molecule has 0 bridgehead atoms. The van der Waals surface area contributed by atoms with Crippen molar-refractivity contribution in [2.24, 2.45) is 5.41 Å². The Bertz CT molecular complexity index is 837. The van der Waals surface area contributed by atoms with Gasteiger partial charge in [0.15, 0.2) is 5.78 Å². The second-order valence-corrected chi connectivity index (χ2v) is 7.96. The zero-order valence-electron chi connectivity index (χ0n) is 13.9. The molecule has 24 heavy (non-hydrogen) atoms. The molecule has 0 saturated carbocycles. The van der Waals surface area contributed by atoms with Crippen LogP contribution in [-0.4, -0.2) is 32.2 Å². The van der Waals surface area contributed by atoms with Crippen LogP contribution in [-0.2, 0) is 4.79 Å². The molecular formula is C17H19N5OS. The van der Waals surface area contributed by atoms with Gasteiger partial charge in [-0.25, -0.2) is 0 Å². The Labute approximate surface area is 144 Å². The third-order valence-corrected chi connectivity index (χ3v) is 5.37. The van der Waals surface area contributed by atoms with E-state index in [1.54, 1.807) is 16.4 Å². The second kappa shape index (κ2) is 5.44. The van der Waals surface area contributed by atoms with Gasteiger partial charge in [-0.05, 0) is 46.2 Å². The zero-order chi connectivity index (χ0) is 16.9. The van der Waals surface area contributed by atoms with Gasteiger partial charge in [0.2, 0.25) is 5.95 Å². The van der Waals surface area contributed by atoms with Gasteiger partial charge in [0.25, 0.3) is 0 Å². The molecule has 4 rings (SSSR count). The number of rotatable bonds is 2. The third-order valence-electron chi connectivity index (χ3n) is 4.63. The number of fused-ring (bicyclic) bond motifs is 1. The molecule has 1 atom stereocenters. The lowest BCUT2D eigenvalue weighted by atomic mass is 9.73. The van der Waals surface area contributed by atoms with E-state index >= 15 is 0 Å². The minimum absolute atomic E-state index is 0.0498. The van der Waals surface area contributed by atoms with Gasteiger partial charge in [0.1, 0.15) is 6.04 Å². The average molecular weight is 341 g/mol. The van der Waals surface area contributed by atoms with E-state index in [0.717, 1.165) is 23.3 Å². The van der Waals surface area contributed by atoms with Crippen LogP contribution in [0.3, 0.4) is 0 Å². The summed E-state index contributed by atoms with van der Waals surface area (Å²) in [6.45, 7) is 4.24. The SMILES string of the molecule is CSc1ccc([C@H]2C3=C(CC(C)(C)CC3=O)Nc3nnnn32)cc1. The van der Waals surface area contributed by atoms with Crippen LogP contribution in [0.5, 0.6) is 0 Å². The Kier molecular flexibility index (Phi) is 3.49. The fourth-order valence-electron chi connectivity index (χ4n) is 3.56. The maximum atomic E-state index is 12.9. The van der Waals surface area contributed by atoms with Crippen molar-refractivity contribution >= 4 is 23.5 Å². The molecule has 0 unspecified atom stereocenters. The predicted octanol–water partition coefficient (Wildman–Crippen LogP) is 3.05. The Morgan fingerprint density at radius 2 is 2.00 bits per heavy atom. The van der Waals surface area contributed by atoms with Crippen LogP contribution in [0.2, 0.25) is 0 Å². The number of hydrogen-bond donors (Lipinski definition) is 1. The summed E-state index contributed by atoms with van der Waals surface area (Å²) in [7, 11) is 0. The number of allylic oxidation sites excluding steroid dienone is 2. The molecule has 0 radical (unpaired) electrons. The number of carbonyl (C=O) groups excluding carboxylic acids is 1. The summed E-state index contributed by atoms with van der Waals surface area (Å²) in [5.74, 6) is 0.770. The molecule has 2 aliphatic rings. The topological polar surface area (TPSA) is 72.7 Å². The lowest BCUT2D eigenvalue weighted by Crippen LogP contribution is -2.36. The number of nitrogens with one attached hydrogen (secondary N) is 1. The number of ketones is 1. The van der Waals surface area contributed by atoms with Crippen LogP contribution in [0.15, 0.2) is 40.4 Å². The lowest BCUT2D eigenvalue weighted by Gasteiger charge is -2.37. The van der Waals surface area contributed by atoms with Crippen LogP contribution in [0.25, 0.3) is 0 Å². The van der Waals surface area contributed by atoms with Crippen LogP contribution >= 0.6 is 11.8 Å². The summed E-state index contributed by atoms with van der Waals surface area (Å²) in [4.78, 5) is 14.1. The van der Waals surface area contributed by atoms with Crippen molar-refractivity contribution < 1.29 is 4.79 Å². The summed E-state index contributed by atoms with van der Waals surface area (Å²) < 4.78 is 1.71. The number of nitrogens with zero attached hydrogens (tertiary/aromatic N) is 4. The van der Waals surface area contributed by atoms with Gasteiger partial charge < -0.3 is 5.32 Å². The first-order valence-corrected chi connectivity index (χ1v) is 9.16. The van der Waals surface area contributed by atoms with Crippen molar-refractivity contribution in [3.8, 4) is 0 Å². The van der Waals surface area contributed by atoms with Gasteiger partial charge in [-0.2, -0.15) is 4.68 Å². The Morgan fingerprint density at radius 1 is 1.25 bits per heavy atom. The van der Waals surface area contributed by atoms with Crippen molar-refractivity contribution in [1.82, 2.24) is 20.2 Å². The molecule has 6 nitrogen and oxygen atoms in total. The highest BCUT2D eigenvalue weighted by molar-refractivity contribution is 7.98. The number of tetrazole rings is 1. The maximum Gasteiger partial charge on any atom is 0.248 e. The smallest absolute Gasteiger partial charge is 0.248 e. The zero-order valence-corrected chi connectivity index (χ0v) is 14.7. The fraction of sp³-hybridized carbons (Fsp3) is 0.412. The highest BCUT2D eigenvalue weighted by atomic mass is 32.2. The van der Waals surface area contributed by atoms with Gasteiger partial charge in [-0.3, -0.25) is 4.79 Å². The molecule has 0 amide bonds. The molecule has 0 spiro atoms. The summed E-state index contributed by atoms with van der Waals surface area (Å²) in [5.41, 5.74) is 2.73. The first-order chi connectivity index (χ1) is 11.5. The van der Waals surface area contributed by atoms with Gasteiger partial charge >= 0.3 is 0 Å². The Balaban J connectivity index is 1.86. The van der Waals surface area contributed by atoms with E-state index in [1.165, 1.54) is 4.90 Å². The molecule has 1 N–H and O–H groups in total. The number of Topliss-reactive ketones (excluding diaryl/α,β-unsaturated/α-hetero) is 1. The van der Waals surface area contributed by atoms with E-state index in [9.17, 15) is 4.79 Å². The molecule has 124 valence electrons. The van der Waals surface area contributed by atoms with Gasteiger partial charge in [-0.15, -0.1) is 11.8 Å². The quantitative estimate of drug-likeness (QED) is 0.847. The van der Waals surface area contributed by atoms with E-state index in [-0.39, 0.29) is 17.2 Å². The molecule has 1 aliphatic heterocycles. The van der Waals surface area contributed by atoms with Gasteiger partial charge in [0, 0.05) is 22.6 Å². The van der Waals surface area contributed by atoms with Crippen molar-refractivity contribution in [1.29, 1.82) is 0 Å². The van der Waals surface area contributed by atoms with E-state index in [0.29, 0.717) is 12.4 Å². The van der Waals surface area contributed by atoms with E-state index in [2.05, 4.69) is 59.0 Å². The van der Waals surface area contributed by atoms with E-state index < -0.39 is 0 Å². The molecule has 1 aromatic heterocycles. The monoisotopic (exact) mass is 341 g/mol. The van der Waals surface area contributed by atoms with Crippen molar-refractivity contribution in [3.63, 3.8) is 0 Å². The predicted molar refractivity (Wildman–Crippen MR) is 92.8 cm³/mol. The second-order valence-electron chi connectivity index (χ2n) is 7.08. The number of hydrogen-bond acceptors (Lipinski definition) is 6. The Hall–Kier alpha value is -2.15. The number of carbonyl (C=O) groups is 1. The third kappa shape index (κ3) is 2.43. The van der Waals surface area contributed by atoms with Gasteiger partial charge in [0.05, 0.1) is 0 Å². The fourth-order valence-corrected chi connectivity index (χ4v) is 3.97. The molecule has 7 heteroatoms. The maximum absolute atomic E-state index is 12.9. The minimum Gasteiger partial charge on any atom is -0.326 e. The largest absolute Gasteiger partial charge is 0.326 e. The molecule has 2 heterocycles.